The number of nitrogens with zero attached hydrogens (tertiary/aromatic N) is 2. The first kappa shape index (κ1) is 15.7. The van der Waals surface area contributed by atoms with Crippen molar-refractivity contribution in [3.8, 4) is 0 Å². The molecular formula is C20H27ClN2. The first-order valence-corrected chi connectivity index (χ1v) is 9.52. The molecule has 124 valence electrons. The van der Waals surface area contributed by atoms with E-state index in [0.29, 0.717) is 5.54 Å². The summed E-state index contributed by atoms with van der Waals surface area (Å²) >= 11 is 6.44. The molecule has 3 aliphatic rings. The number of rotatable bonds is 3. The van der Waals surface area contributed by atoms with E-state index in [-0.39, 0.29) is 0 Å². The fraction of sp³-hybridized carbons (Fsp3) is 0.600. The van der Waals surface area contributed by atoms with E-state index in [1.807, 2.05) is 0 Å². The molecule has 3 heteroatoms. The molecule has 0 aromatic heterocycles. The SMILES string of the molecule is Cc1ccc(CC2=CC3(CC3)N(N3CCCCC3)CC2)c(Cl)c1. The fourth-order valence-corrected chi connectivity index (χ4v) is 4.55. The van der Waals surface area contributed by atoms with Crippen LogP contribution in [0.1, 0.15) is 49.7 Å². The van der Waals surface area contributed by atoms with Crippen molar-refractivity contribution in [2.75, 3.05) is 19.6 Å². The van der Waals surface area contributed by atoms with E-state index in [9.17, 15) is 0 Å². The Morgan fingerprint density at radius 1 is 1.09 bits per heavy atom. The summed E-state index contributed by atoms with van der Waals surface area (Å²) in [6.45, 7) is 5.81. The second kappa shape index (κ2) is 6.23. The zero-order valence-electron chi connectivity index (χ0n) is 14.2. The van der Waals surface area contributed by atoms with Crippen LogP contribution in [-0.4, -0.2) is 35.2 Å². The van der Waals surface area contributed by atoms with Crippen LogP contribution in [0.25, 0.3) is 0 Å². The second-order valence-corrected chi connectivity index (χ2v) is 7.97. The predicted molar refractivity (Wildman–Crippen MR) is 96.7 cm³/mol. The van der Waals surface area contributed by atoms with Crippen LogP contribution in [0.15, 0.2) is 29.8 Å². The van der Waals surface area contributed by atoms with Gasteiger partial charge < -0.3 is 0 Å². The van der Waals surface area contributed by atoms with Crippen molar-refractivity contribution in [3.63, 3.8) is 0 Å². The average molecular weight is 331 g/mol. The fourth-order valence-electron chi connectivity index (χ4n) is 4.25. The number of piperidine rings is 1. The largest absolute Gasteiger partial charge is 0.241 e. The molecule has 4 rings (SSSR count). The normalized spacial score (nSPS) is 24.7. The Morgan fingerprint density at radius 2 is 1.87 bits per heavy atom. The summed E-state index contributed by atoms with van der Waals surface area (Å²) in [7, 11) is 0. The molecule has 1 aromatic carbocycles. The van der Waals surface area contributed by atoms with Crippen molar-refractivity contribution in [2.45, 2.75) is 57.4 Å². The third-order valence-corrected chi connectivity index (χ3v) is 6.05. The van der Waals surface area contributed by atoms with E-state index < -0.39 is 0 Å². The van der Waals surface area contributed by atoms with Crippen molar-refractivity contribution >= 4 is 11.6 Å². The molecule has 2 nitrogen and oxygen atoms in total. The van der Waals surface area contributed by atoms with Crippen LogP contribution in [0.5, 0.6) is 0 Å². The minimum atomic E-state index is 0.349. The Kier molecular flexibility index (Phi) is 4.25. The Balaban J connectivity index is 1.50. The van der Waals surface area contributed by atoms with Gasteiger partial charge in [-0.1, -0.05) is 41.8 Å². The van der Waals surface area contributed by atoms with Gasteiger partial charge in [-0.3, -0.25) is 0 Å². The highest BCUT2D eigenvalue weighted by atomic mass is 35.5. The van der Waals surface area contributed by atoms with Crippen LogP contribution in [0, 0.1) is 6.92 Å². The number of hydrogen-bond acceptors (Lipinski definition) is 2. The predicted octanol–water partition coefficient (Wildman–Crippen LogP) is 4.76. The molecule has 2 heterocycles. The molecule has 1 aromatic rings. The standard InChI is InChI=1S/C20H27ClN2/c1-16-5-6-18(19(21)13-16)14-17-7-12-23(20(15-17)8-9-20)22-10-3-2-4-11-22/h5-6,13,15H,2-4,7-12,14H2,1H3. The van der Waals surface area contributed by atoms with E-state index in [4.69, 9.17) is 11.6 Å². The van der Waals surface area contributed by atoms with Crippen LogP contribution < -0.4 is 0 Å². The Hall–Kier alpha value is -0.830. The van der Waals surface area contributed by atoms with E-state index in [1.165, 1.54) is 69.3 Å². The van der Waals surface area contributed by atoms with Crippen LogP contribution in [0.2, 0.25) is 5.02 Å². The number of halogens is 1. The lowest BCUT2D eigenvalue weighted by Gasteiger charge is -2.44. The minimum Gasteiger partial charge on any atom is -0.241 e. The highest BCUT2D eigenvalue weighted by Gasteiger charge is 2.50. The molecule has 2 fully saturated rings. The molecule has 0 atom stereocenters. The third-order valence-electron chi connectivity index (χ3n) is 5.69. The molecule has 1 aliphatic carbocycles. The van der Waals surface area contributed by atoms with Crippen molar-refractivity contribution in [2.24, 2.45) is 0 Å². The summed E-state index contributed by atoms with van der Waals surface area (Å²) in [5.41, 5.74) is 4.46. The molecule has 1 saturated carbocycles. The van der Waals surface area contributed by atoms with Gasteiger partial charge in [0.1, 0.15) is 0 Å². The maximum Gasteiger partial charge on any atom is 0.0540 e. The van der Waals surface area contributed by atoms with Gasteiger partial charge in [-0.25, -0.2) is 10.0 Å². The molecule has 0 amide bonds. The monoisotopic (exact) mass is 330 g/mol. The zero-order valence-corrected chi connectivity index (χ0v) is 14.9. The Bertz CT molecular complexity index is 612. The summed E-state index contributed by atoms with van der Waals surface area (Å²) in [5, 5.41) is 6.27. The van der Waals surface area contributed by atoms with Gasteiger partial charge in [0.2, 0.25) is 0 Å². The molecule has 0 unspecified atom stereocenters. The number of benzene rings is 1. The van der Waals surface area contributed by atoms with Crippen molar-refractivity contribution in [3.05, 3.63) is 46.0 Å². The highest BCUT2D eigenvalue weighted by Crippen LogP contribution is 2.48. The van der Waals surface area contributed by atoms with Gasteiger partial charge in [-0.05, 0) is 62.6 Å². The number of aryl methyl sites for hydroxylation is 1. The maximum absolute atomic E-state index is 6.44. The van der Waals surface area contributed by atoms with Gasteiger partial charge in [0.05, 0.1) is 5.54 Å². The molecule has 1 saturated heterocycles. The quantitative estimate of drug-likeness (QED) is 0.737. The molecule has 1 spiro atoms. The lowest BCUT2D eigenvalue weighted by molar-refractivity contribution is -0.0729. The second-order valence-electron chi connectivity index (χ2n) is 7.57. The van der Waals surface area contributed by atoms with E-state index in [2.05, 4.69) is 41.2 Å². The summed E-state index contributed by atoms with van der Waals surface area (Å²) in [4.78, 5) is 0. The van der Waals surface area contributed by atoms with Crippen molar-refractivity contribution in [1.29, 1.82) is 0 Å². The third kappa shape index (κ3) is 3.22. The minimum absolute atomic E-state index is 0.349. The van der Waals surface area contributed by atoms with E-state index in [0.717, 1.165) is 11.4 Å². The smallest absolute Gasteiger partial charge is 0.0540 e. The summed E-state index contributed by atoms with van der Waals surface area (Å²) < 4.78 is 0. The first-order chi connectivity index (χ1) is 11.2. The van der Waals surface area contributed by atoms with E-state index >= 15 is 0 Å². The van der Waals surface area contributed by atoms with Gasteiger partial charge in [0.25, 0.3) is 0 Å². The van der Waals surface area contributed by atoms with Crippen LogP contribution in [0.4, 0.5) is 0 Å². The first-order valence-electron chi connectivity index (χ1n) is 9.14. The van der Waals surface area contributed by atoms with E-state index in [1.54, 1.807) is 5.57 Å². The van der Waals surface area contributed by atoms with Gasteiger partial charge in [-0.15, -0.1) is 0 Å². The number of hydrazine groups is 1. The average Bonchev–Trinajstić information content (AvgIpc) is 3.31. The van der Waals surface area contributed by atoms with Crippen LogP contribution >= 0.6 is 11.6 Å². The van der Waals surface area contributed by atoms with Gasteiger partial charge in [0, 0.05) is 24.7 Å². The Morgan fingerprint density at radius 3 is 2.57 bits per heavy atom. The molecule has 23 heavy (non-hydrogen) atoms. The van der Waals surface area contributed by atoms with Crippen molar-refractivity contribution in [1.82, 2.24) is 10.0 Å². The topological polar surface area (TPSA) is 6.48 Å². The van der Waals surface area contributed by atoms with Crippen LogP contribution in [0.3, 0.4) is 0 Å². The molecular weight excluding hydrogens is 304 g/mol. The Labute approximate surface area is 145 Å². The lowest BCUT2D eigenvalue weighted by atomic mass is 9.95. The zero-order chi connectivity index (χ0) is 15.9. The summed E-state index contributed by atoms with van der Waals surface area (Å²) in [6, 6.07) is 6.47. The number of hydrogen-bond donors (Lipinski definition) is 0. The van der Waals surface area contributed by atoms with Crippen LogP contribution in [-0.2, 0) is 6.42 Å². The van der Waals surface area contributed by atoms with Gasteiger partial charge in [0.15, 0.2) is 0 Å². The lowest BCUT2D eigenvalue weighted by Crippen LogP contribution is -2.53. The molecule has 0 bridgehead atoms. The molecule has 0 radical (unpaired) electrons. The molecule has 2 aliphatic heterocycles. The molecule has 0 N–H and O–H groups in total. The maximum atomic E-state index is 6.44. The van der Waals surface area contributed by atoms with Gasteiger partial charge >= 0.3 is 0 Å². The van der Waals surface area contributed by atoms with Crippen molar-refractivity contribution < 1.29 is 0 Å². The summed E-state index contributed by atoms with van der Waals surface area (Å²) in [5.74, 6) is 0. The van der Waals surface area contributed by atoms with Gasteiger partial charge in [-0.2, -0.15) is 0 Å². The highest BCUT2D eigenvalue weighted by molar-refractivity contribution is 6.31. The summed E-state index contributed by atoms with van der Waals surface area (Å²) in [6.07, 6.45) is 11.6.